The third kappa shape index (κ3) is 3.75. The molecule has 1 aromatic heterocycles. The first-order chi connectivity index (χ1) is 15.5. The van der Waals surface area contributed by atoms with Gasteiger partial charge in [-0.3, -0.25) is 14.9 Å². The van der Waals surface area contributed by atoms with Crippen LogP contribution in [0.2, 0.25) is 0 Å². The molecule has 3 aromatic rings. The number of nitrogens with zero attached hydrogens (tertiary/aromatic N) is 4. The van der Waals surface area contributed by atoms with Gasteiger partial charge in [-0.2, -0.15) is 0 Å². The van der Waals surface area contributed by atoms with Gasteiger partial charge < -0.3 is 14.8 Å². The molecule has 1 unspecified atom stereocenters. The number of hydrogen-bond acceptors (Lipinski definition) is 7. The molecule has 1 atom stereocenters. The van der Waals surface area contributed by atoms with Crippen molar-refractivity contribution in [3.63, 3.8) is 0 Å². The molecule has 1 aliphatic carbocycles. The monoisotopic (exact) mass is 435 g/mol. The first-order valence-electron chi connectivity index (χ1n) is 10.4. The van der Waals surface area contributed by atoms with Crippen LogP contribution in [0.5, 0.6) is 11.5 Å². The van der Waals surface area contributed by atoms with Crippen LogP contribution in [0.4, 0.5) is 5.69 Å². The predicted molar refractivity (Wildman–Crippen MR) is 113 cm³/mol. The van der Waals surface area contributed by atoms with E-state index in [1.165, 1.54) is 16.8 Å². The Hall–Kier alpha value is -3.95. The second kappa shape index (κ2) is 7.95. The Morgan fingerprint density at radius 2 is 1.97 bits per heavy atom. The first-order valence-corrected chi connectivity index (χ1v) is 10.4. The lowest BCUT2D eigenvalue weighted by atomic mass is 10.0. The van der Waals surface area contributed by atoms with Gasteiger partial charge in [0.1, 0.15) is 13.2 Å². The maximum Gasteiger partial charge on any atom is 0.274 e. The molecule has 32 heavy (non-hydrogen) atoms. The molecule has 0 spiro atoms. The number of nitrogens with one attached hydrogen (secondary N) is 1. The van der Waals surface area contributed by atoms with Crippen molar-refractivity contribution in [2.24, 2.45) is 5.92 Å². The Balaban J connectivity index is 1.40. The third-order valence-corrected chi connectivity index (χ3v) is 5.70. The van der Waals surface area contributed by atoms with Crippen molar-refractivity contribution in [1.29, 1.82) is 0 Å². The Bertz CT molecular complexity index is 1200. The lowest BCUT2D eigenvalue weighted by molar-refractivity contribution is -0.384. The fourth-order valence-corrected chi connectivity index (χ4v) is 3.89. The number of nitro benzene ring substituents is 1. The maximum atomic E-state index is 13.1. The van der Waals surface area contributed by atoms with E-state index < -0.39 is 4.92 Å². The summed E-state index contributed by atoms with van der Waals surface area (Å²) in [4.78, 5) is 23.7. The summed E-state index contributed by atoms with van der Waals surface area (Å²) in [6.45, 7) is 2.73. The molecule has 1 amide bonds. The van der Waals surface area contributed by atoms with E-state index in [9.17, 15) is 14.9 Å². The highest BCUT2D eigenvalue weighted by Crippen LogP contribution is 2.43. The van der Waals surface area contributed by atoms with Crippen LogP contribution in [-0.4, -0.2) is 39.0 Å². The molecule has 5 rings (SSSR count). The highest BCUT2D eigenvalue weighted by atomic mass is 16.6. The molecular weight excluding hydrogens is 414 g/mol. The summed E-state index contributed by atoms with van der Waals surface area (Å²) < 4.78 is 12.7. The highest BCUT2D eigenvalue weighted by Gasteiger charge is 2.35. The molecule has 10 nitrogen and oxygen atoms in total. The Kier molecular flexibility index (Phi) is 4.96. The quantitative estimate of drug-likeness (QED) is 0.466. The van der Waals surface area contributed by atoms with Crippen molar-refractivity contribution in [2.45, 2.75) is 25.8 Å². The number of carbonyl (C=O) groups excluding carboxylic acids is 1. The molecule has 10 heteroatoms. The van der Waals surface area contributed by atoms with Gasteiger partial charge in [-0.15, -0.1) is 5.10 Å². The van der Waals surface area contributed by atoms with Crippen LogP contribution in [0.1, 0.15) is 40.6 Å². The second-order valence-electron chi connectivity index (χ2n) is 7.90. The Morgan fingerprint density at radius 3 is 2.72 bits per heavy atom. The number of fused-ring (bicyclic) bond motifs is 1. The number of hydrogen-bond donors (Lipinski definition) is 1. The number of benzene rings is 2. The van der Waals surface area contributed by atoms with Crippen LogP contribution in [0.15, 0.2) is 42.5 Å². The van der Waals surface area contributed by atoms with E-state index in [2.05, 4.69) is 15.6 Å². The predicted octanol–water partition coefficient (Wildman–Crippen LogP) is 3.14. The summed E-state index contributed by atoms with van der Waals surface area (Å²) >= 11 is 0. The SMILES string of the molecule is Cc1c(C(=O)NC(c2ccc3c(c2)OCCO3)C2CC2)nnn1-c1cccc([N+](=O)[O-])c1. The number of nitro groups is 1. The molecule has 1 N–H and O–H groups in total. The van der Waals surface area contributed by atoms with Crippen molar-refractivity contribution in [3.05, 3.63) is 69.5 Å². The summed E-state index contributed by atoms with van der Waals surface area (Å²) in [5, 5.41) is 22.3. The number of aromatic nitrogens is 3. The van der Waals surface area contributed by atoms with Gasteiger partial charge >= 0.3 is 0 Å². The molecule has 2 aliphatic rings. The summed E-state index contributed by atoms with van der Waals surface area (Å²) in [6, 6.07) is 11.6. The fraction of sp³-hybridized carbons (Fsp3) is 0.318. The standard InChI is InChI=1S/C22H21N5O5/c1-13-20(24-25-26(13)16-3-2-4-17(12-16)27(29)30)22(28)23-21(14-5-6-14)15-7-8-18-19(11-15)32-10-9-31-18/h2-4,7-8,11-12,14,21H,5-6,9-10H2,1H3,(H,23,28). The molecule has 1 aliphatic heterocycles. The Labute approximate surface area is 183 Å². The van der Waals surface area contributed by atoms with E-state index >= 15 is 0 Å². The van der Waals surface area contributed by atoms with Gasteiger partial charge in [-0.05, 0) is 49.4 Å². The van der Waals surface area contributed by atoms with E-state index in [1.54, 1.807) is 19.1 Å². The molecule has 0 radical (unpaired) electrons. The summed E-state index contributed by atoms with van der Waals surface area (Å²) in [6.07, 6.45) is 2.05. The lowest BCUT2D eigenvalue weighted by Crippen LogP contribution is -2.31. The number of ether oxygens (including phenoxy) is 2. The average molecular weight is 435 g/mol. The van der Waals surface area contributed by atoms with Gasteiger partial charge in [0.25, 0.3) is 11.6 Å². The molecule has 2 aromatic carbocycles. The van der Waals surface area contributed by atoms with Crippen molar-refractivity contribution >= 4 is 11.6 Å². The molecule has 0 bridgehead atoms. The number of non-ortho nitro benzene ring substituents is 1. The van der Waals surface area contributed by atoms with Crippen LogP contribution in [0.25, 0.3) is 5.69 Å². The zero-order valence-electron chi connectivity index (χ0n) is 17.4. The van der Waals surface area contributed by atoms with Crippen molar-refractivity contribution in [1.82, 2.24) is 20.3 Å². The molecule has 2 heterocycles. The molecule has 1 saturated carbocycles. The van der Waals surface area contributed by atoms with Crippen LogP contribution in [-0.2, 0) is 0 Å². The second-order valence-corrected chi connectivity index (χ2v) is 7.90. The molecular formula is C22H21N5O5. The number of amides is 1. The average Bonchev–Trinajstić information content (AvgIpc) is 3.58. The highest BCUT2D eigenvalue weighted by molar-refractivity contribution is 5.93. The largest absolute Gasteiger partial charge is 0.486 e. The van der Waals surface area contributed by atoms with Gasteiger partial charge in [-0.25, -0.2) is 4.68 Å². The Morgan fingerprint density at radius 1 is 1.19 bits per heavy atom. The van der Waals surface area contributed by atoms with E-state index in [0.29, 0.717) is 42.0 Å². The van der Waals surface area contributed by atoms with Gasteiger partial charge in [0.15, 0.2) is 17.2 Å². The van der Waals surface area contributed by atoms with Crippen molar-refractivity contribution in [3.8, 4) is 17.2 Å². The van der Waals surface area contributed by atoms with Crippen LogP contribution < -0.4 is 14.8 Å². The van der Waals surface area contributed by atoms with Gasteiger partial charge in [0.2, 0.25) is 0 Å². The van der Waals surface area contributed by atoms with Crippen molar-refractivity contribution in [2.75, 3.05) is 13.2 Å². The normalized spacial score (nSPS) is 15.8. The van der Waals surface area contributed by atoms with Crippen molar-refractivity contribution < 1.29 is 19.2 Å². The van der Waals surface area contributed by atoms with Gasteiger partial charge in [0.05, 0.1) is 22.3 Å². The van der Waals surface area contributed by atoms with Crippen LogP contribution in [0, 0.1) is 23.0 Å². The smallest absolute Gasteiger partial charge is 0.274 e. The summed E-state index contributed by atoms with van der Waals surface area (Å²) in [7, 11) is 0. The molecule has 1 fully saturated rings. The minimum atomic E-state index is -0.475. The molecule has 0 saturated heterocycles. The first kappa shape index (κ1) is 20.0. The third-order valence-electron chi connectivity index (χ3n) is 5.70. The summed E-state index contributed by atoms with van der Waals surface area (Å²) in [5.74, 6) is 1.39. The lowest BCUT2D eigenvalue weighted by Gasteiger charge is -2.23. The fourth-order valence-electron chi connectivity index (χ4n) is 3.89. The van der Waals surface area contributed by atoms with E-state index in [0.717, 1.165) is 18.4 Å². The minimum Gasteiger partial charge on any atom is -0.486 e. The van der Waals surface area contributed by atoms with E-state index in [1.807, 2.05) is 18.2 Å². The minimum absolute atomic E-state index is 0.0594. The van der Waals surface area contributed by atoms with Crippen LogP contribution >= 0.6 is 0 Å². The number of carbonyl (C=O) groups is 1. The van der Waals surface area contributed by atoms with Gasteiger partial charge in [-0.1, -0.05) is 17.3 Å². The molecule has 164 valence electrons. The van der Waals surface area contributed by atoms with Crippen LogP contribution in [0.3, 0.4) is 0 Å². The zero-order chi connectivity index (χ0) is 22.2. The topological polar surface area (TPSA) is 121 Å². The zero-order valence-corrected chi connectivity index (χ0v) is 17.4. The number of rotatable bonds is 6. The maximum absolute atomic E-state index is 13.1. The van der Waals surface area contributed by atoms with E-state index in [-0.39, 0.29) is 23.3 Å². The van der Waals surface area contributed by atoms with Gasteiger partial charge in [0, 0.05) is 12.1 Å². The van der Waals surface area contributed by atoms with E-state index in [4.69, 9.17) is 9.47 Å². The summed E-state index contributed by atoms with van der Waals surface area (Å²) in [5.41, 5.74) is 2.04.